The fraction of sp³-hybridized carbons (Fsp3) is 0.333. The molecule has 4 nitrogen and oxygen atoms in total. The highest BCUT2D eigenvalue weighted by molar-refractivity contribution is 6.33. The first-order chi connectivity index (χ1) is 6.70. The molecule has 1 saturated heterocycles. The Labute approximate surface area is 87.7 Å². The van der Waals surface area contributed by atoms with E-state index in [1.165, 1.54) is 5.17 Å². The SMILES string of the molecule is CC1N(N)OCN1c1ccccc1Cl. The molecule has 1 aromatic carbocycles. The lowest BCUT2D eigenvalue weighted by atomic mass is 10.3. The van der Waals surface area contributed by atoms with Gasteiger partial charge in [0.2, 0.25) is 0 Å². The quantitative estimate of drug-likeness (QED) is 0.720. The molecule has 1 fully saturated rings. The molecule has 1 unspecified atom stereocenters. The number of hydrogen-bond donors (Lipinski definition) is 1. The Morgan fingerprint density at radius 1 is 1.50 bits per heavy atom. The number of nitrogens with zero attached hydrogens (tertiary/aromatic N) is 2. The van der Waals surface area contributed by atoms with Crippen molar-refractivity contribution in [2.45, 2.75) is 13.1 Å². The Kier molecular flexibility index (Phi) is 2.60. The molecule has 0 aliphatic carbocycles. The van der Waals surface area contributed by atoms with Crippen molar-refractivity contribution in [2.75, 3.05) is 11.6 Å². The monoisotopic (exact) mass is 213 g/mol. The molecular weight excluding hydrogens is 202 g/mol. The summed E-state index contributed by atoms with van der Waals surface area (Å²) < 4.78 is 0. The topological polar surface area (TPSA) is 41.7 Å². The van der Waals surface area contributed by atoms with Crippen molar-refractivity contribution in [2.24, 2.45) is 5.84 Å². The molecule has 2 rings (SSSR count). The van der Waals surface area contributed by atoms with Crippen LogP contribution in [0.2, 0.25) is 5.02 Å². The number of hydrazine groups is 1. The third-order valence-corrected chi connectivity index (χ3v) is 2.65. The summed E-state index contributed by atoms with van der Waals surface area (Å²) in [6, 6.07) is 7.63. The van der Waals surface area contributed by atoms with Crippen LogP contribution < -0.4 is 10.7 Å². The van der Waals surface area contributed by atoms with Crippen molar-refractivity contribution in [3.05, 3.63) is 29.3 Å². The highest BCUT2D eigenvalue weighted by atomic mass is 35.5. The van der Waals surface area contributed by atoms with Crippen molar-refractivity contribution >= 4 is 17.3 Å². The average Bonchev–Trinajstić information content (AvgIpc) is 2.49. The number of nitrogens with two attached hydrogens (primary N) is 1. The number of rotatable bonds is 1. The summed E-state index contributed by atoms with van der Waals surface area (Å²) in [4.78, 5) is 7.15. The molecule has 0 aromatic heterocycles. The van der Waals surface area contributed by atoms with Crippen LogP contribution in [-0.2, 0) is 4.84 Å². The summed E-state index contributed by atoms with van der Waals surface area (Å²) in [6.45, 7) is 2.39. The lowest BCUT2D eigenvalue weighted by molar-refractivity contribution is -0.131. The number of hydrogen-bond acceptors (Lipinski definition) is 4. The zero-order valence-electron chi connectivity index (χ0n) is 7.85. The van der Waals surface area contributed by atoms with E-state index in [0.717, 1.165) is 5.69 Å². The smallest absolute Gasteiger partial charge is 0.143 e. The van der Waals surface area contributed by atoms with Crippen molar-refractivity contribution < 1.29 is 4.84 Å². The summed E-state index contributed by atoms with van der Waals surface area (Å²) in [5.74, 6) is 5.58. The fourth-order valence-corrected chi connectivity index (χ4v) is 1.68. The van der Waals surface area contributed by atoms with Gasteiger partial charge < -0.3 is 4.90 Å². The highest BCUT2D eigenvalue weighted by Gasteiger charge is 2.28. The van der Waals surface area contributed by atoms with Gasteiger partial charge in [0.05, 0.1) is 10.7 Å². The molecule has 1 aromatic rings. The molecule has 1 aliphatic heterocycles. The second kappa shape index (κ2) is 3.74. The predicted molar refractivity (Wildman–Crippen MR) is 55.4 cm³/mol. The van der Waals surface area contributed by atoms with Gasteiger partial charge in [0.1, 0.15) is 12.9 Å². The summed E-state index contributed by atoms with van der Waals surface area (Å²) in [5, 5.41) is 2.03. The molecule has 1 heterocycles. The Morgan fingerprint density at radius 2 is 2.21 bits per heavy atom. The molecule has 0 amide bonds. The molecule has 5 heteroatoms. The molecule has 1 aliphatic rings. The predicted octanol–water partition coefficient (Wildman–Crippen LogP) is 1.57. The highest BCUT2D eigenvalue weighted by Crippen LogP contribution is 2.29. The van der Waals surface area contributed by atoms with Crippen LogP contribution in [0.4, 0.5) is 5.69 Å². The molecule has 14 heavy (non-hydrogen) atoms. The normalized spacial score (nSPS) is 23.1. The Bertz CT molecular complexity index is 334. The third-order valence-electron chi connectivity index (χ3n) is 2.33. The number of anilines is 1. The van der Waals surface area contributed by atoms with Gasteiger partial charge in [-0.15, -0.1) is 5.17 Å². The summed E-state index contributed by atoms with van der Waals surface area (Å²) in [7, 11) is 0. The van der Waals surface area contributed by atoms with Crippen LogP contribution in [0.3, 0.4) is 0 Å². The minimum Gasteiger partial charge on any atom is -0.326 e. The summed E-state index contributed by atoms with van der Waals surface area (Å²) in [5.41, 5.74) is 0.939. The molecule has 0 radical (unpaired) electrons. The molecule has 0 saturated carbocycles. The lowest BCUT2D eigenvalue weighted by Crippen LogP contribution is -2.39. The maximum absolute atomic E-state index is 6.06. The van der Waals surface area contributed by atoms with Crippen molar-refractivity contribution in [3.63, 3.8) is 0 Å². The van der Waals surface area contributed by atoms with Crippen molar-refractivity contribution in [3.8, 4) is 0 Å². The second-order valence-corrected chi connectivity index (χ2v) is 3.58. The molecule has 2 N–H and O–H groups in total. The van der Waals surface area contributed by atoms with Gasteiger partial charge in [-0.25, -0.2) is 5.84 Å². The Balaban J connectivity index is 2.28. The Hall–Kier alpha value is -0.810. The van der Waals surface area contributed by atoms with E-state index in [2.05, 4.69) is 0 Å². The second-order valence-electron chi connectivity index (χ2n) is 3.17. The lowest BCUT2D eigenvalue weighted by Gasteiger charge is -2.23. The summed E-state index contributed by atoms with van der Waals surface area (Å²) >= 11 is 6.06. The van der Waals surface area contributed by atoms with Gasteiger partial charge in [-0.1, -0.05) is 23.7 Å². The van der Waals surface area contributed by atoms with E-state index in [1.54, 1.807) is 0 Å². The van der Waals surface area contributed by atoms with E-state index in [4.69, 9.17) is 22.3 Å². The number of para-hydroxylation sites is 1. The fourth-order valence-electron chi connectivity index (χ4n) is 1.44. The Morgan fingerprint density at radius 3 is 2.79 bits per heavy atom. The van der Waals surface area contributed by atoms with Crippen molar-refractivity contribution in [1.29, 1.82) is 0 Å². The van der Waals surface area contributed by atoms with Crippen LogP contribution in [0.5, 0.6) is 0 Å². The molecule has 0 bridgehead atoms. The minimum absolute atomic E-state index is 0.00472. The van der Waals surface area contributed by atoms with E-state index < -0.39 is 0 Å². The van der Waals surface area contributed by atoms with E-state index in [-0.39, 0.29) is 6.17 Å². The third kappa shape index (κ3) is 1.57. The first-order valence-electron chi connectivity index (χ1n) is 4.38. The largest absolute Gasteiger partial charge is 0.326 e. The van der Waals surface area contributed by atoms with Crippen LogP contribution in [-0.4, -0.2) is 18.1 Å². The van der Waals surface area contributed by atoms with Crippen LogP contribution >= 0.6 is 11.6 Å². The van der Waals surface area contributed by atoms with Crippen LogP contribution in [0.1, 0.15) is 6.92 Å². The van der Waals surface area contributed by atoms with E-state index >= 15 is 0 Å². The first kappa shape index (κ1) is 9.73. The molecular formula is C9H12ClN3O. The van der Waals surface area contributed by atoms with E-state index in [9.17, 15) is 0 Å². The van der Waals surface area contributed by atoms with Gasteiger partial charge in [-0.05, 0) is 19.1 Å². The molecule has 1 atom stereocenters. The van der Waals surface area contributed by atoms with E-state index in [0.29, 0.717) is 11.8 Å². The van der Waals surface area contributed by atoms with Crippen LogP contribution in [0.25, 0.3) is 0 Å². The van der Waals surface area contributed by atoms with Crippen LogP contribution in [0, 0.1) is 0 Å². The summed E-state index contributed by atoms with van der Waals surface area (Å²) in [6.07, 6.45) is -0.00472. The van der Waals surface area contributed by atoms with Gasteiger partial charge in [0.15, 0.2) is 0 Å². The first-order valence-corrected chi connectivity index (χ1v) is 4.76. The zero-order valence-corrected chi connectivity index (χ0v) is 8.61. The van der Waals surface area contributed by atoms with Crippen molar-refractivity contribution in [1.82, 2.24) is 5.17 Å². The molecule has 0 spiro atoms. The standard InChI is InChI=1S/C9H12ClN3O/c1-7-12(6-14-13(7)11)9-5-3-2-4-8(9)10/h2-5,7H,6,11H2,1H3. The number of halogens is 1. The van der Waals surface area contributed by atoms with Gasteiger partial charge in [0, 0.05) is 0 Å². The number of hydroxylamine groups is 1. The maximum atomic E-state index is 6.06. The molecule has 76 valence electrons. The average molecular weight is 214 g/mol. The van der Waals surface area contributed by atoms with Gasteiger partial charge >= 0.3 is 0 Å². The van der Waals surface area contributed by atoms with Gasteiger partial charge in [0.25, 0.3) is 0 Å². The number of benzene rings is 1. The van der Waals surface area contributed by atoms with Gasteiger partial charge in [-0.2, -0.15) is 0 Å². The minimum atomic E-state index is -0.00472. The van der Waals surface area contributed by atoms with E-state index in [1.807, 2.05) is 36.1 Å². The maximum Gasteiger partial charge on any atom is 0.143 e. The van der Waals surface area contributed by atoms with Crippen LogP contribution in [0.15, 0.2) is 24.3 Å². The van der Waals surface area contributed by atoms with Gasteiger partial charge in [-0.3, -0.25) is 4.84 Å². The zero-order chi connectivity index (χ0) is 10.1.